The molecule has 2 aromatic heterocycles. The third-order valence-electron chi connectivity index (χ3n) is 9.00. The van der Waals surface area contributed by atoms with Crippen molar-refractivity contribution in [3.05, 3.63) is 46.4 Å². The van der Waals surface area contributed by atoms with Crippen LogP contribution in [0.15, 0.2) is 35.3 Å². The van der Waals surface area contributed by atoms with Gasteiger partial charge in [0.25, 0.3) is 5.56 Å². The molecule has 9 nitrogen and oxygen atoms in total. The Balaban J connectivity index is 1.63. The lowest BCUT2D eigenvalue weighted by Gasteiger charge is -2.38. The first-order chi connectivity index (χ1) is 21.0. The van der Waals surface area contributed by atoms with Gasteiger partial charge >= 0.3 is 0 Å². The van der Waals surface area contributed by atoms with Gasteiger partial charge in [-0.2, -0.15) is 4.98 Å². The Morgan fingerprint density at radius 3 is 2.39 bits per heavy atom. The van der Waals surface area contributed by atoms with E-state index in [1.807, 2.05) is 12.1 Å². The lowest BCUT2D eigenvalue weighted by molar-refractivity contribution is 0.265. The summed E-state index contributed by atoms with van der Waals surface area (Å²) < 4.78 is 6.27. The summed E-state index contributed by atoms with van der Waals surface area (Å²) in [6.07, 6.45) is 4.32. The SMILES string of the molecule is CC(C)[Si](C#Cc1cc(=O)[nH]c2nc(Nc3ccc(N4CCN(C)CC4)c(OCCCCCO)c3)ncc12)(C(C)C)C(C)C. The molecule has 0 saturated carbocycles. The van der Waals surface area contributed by atoms with E-state index in [1.165, 1.54) is 0 Å². The number of nitrogens with one attached hydrogen (secondary N) is 2. The Bertz CT molecular complexity index is 1500. The van der Waals surface area contributed by atoms with E-state index in [2.05, 4.69) is 96.2 Å². The molecule has 0 unspecified atom stereocenters. The van der Waals surface area contributed by atoms with Gasteiger partial charge in [-0.15, -0.1) is 5.54 Å². The summed E-state index contributed by atoms with van der Waals surface area (Å²) in [6.45, 7) is 18.3. The maximum absolute atomic E-state index is 12.7. The van der Waals surface area contributed by atoms with Crippen molar-refractivity contribution in [2.45, 2.75) is 77.4 Å². The minimum Gasteiger partial charge on any atom is -0.491 e. The van der Waals surface area contributed by atoms with Crippen LogP contribution in [0.25, 0.3) is 11.0 Å². The minimum atomic E-state index is -1.98. The van der Waals surface area contributed by atoms with E-state index < -0.39 is 8.07 Å². The molecule has 44 heavy (non-hydrogen) atoms. The number of fused-ring (bicyclic) bond motifs is 1. The van der Waals surface area contributed by atoms with Crippen LogP contribution >= 0.6 is 0 Å². The van der Waals surface area contributed by atoms with Crippen LogP contribution < -0.4 is 20.5 Å². The van der Waals surface area contributed by atoms with Crippen LogP contribution in [0.1, 0.15) is 66.4 Å². The van der Waals surface area contributed by atoms with E-state index >= 15 is 0 Å². The quantitative estimate of drug-likeness (QED) is 0.130. The van der Waals surface area contributed by atoms with Crippen molar-refractivity contribution in [1.29, 1.82) is 0 Å². The zero-order valence-electron chi connectivity index (χ0n) is 27.5. The summed E-state index contributed by atoms with van der Waals surface area (Å²) in [5.41, 5.74) is 7.97. The van der Waals surface area contributed by atoms with Gasteiger partial charge < -0.3 is 29.9 Å². The highest BCUT2D eigenvalue weighted by atomic mass is 28.3. The molecule has 4 rings (SSSR count). The molecule has 0 atom stereocenters. The monoisotopic (exact) mass is 618 g/mol. The van der Waals surface area contributed by atoms with Crippen LogP contribution in [0.5, 0.6) is 5.75 Å². The molecule has 0 aliphatic carbocycles. The number of H-pyrrole nitrogens is 1. The van der Waals surface area contributed by atoms with Crippen molar-refractivity contribution in [3.8, 4) is 17.2 Å². The molecule has 0 spiro atoms. The van der Waals surface area contributed by atoms with Crippen LogP contribution in [0.4, 0.5) is 17.3 Å². The number of likely N-dealkylation sites (N-methyl/N-ethyl adjacent to an activating group) is 1. The van der Waals surface area contributed by atoms with Gasteiger partial charge in [-0.3, -0.25) is 4.79 Å². The fourth-order valence-corrected chi connectivity index (χ4v) is 11.7. The minimum absolute atomic E-state index is 0.202. The van der Waals surface area contributed by atoms with E-state index in [0.29, 0.717) is 40.4 Å². The molecule has 0 amide bonds. The van der Waals surface area contributed by atoms with Crippen molar-refractivity contribution in [2.75, 3.05) is 56.7 Å². The van der Waals surface area contributed by atoms with Gasteiger partial charge in [0.05, 0.1) is 17.7 Å². The number of aliphatic hydroxyl groups is 1. The summed E-state index contributed by atoms with van der Waals surface area (Å²) >= 11 is 0. The molecular weight excluding hydrogens is 568 g/mol. The maximum Gasteiger partial charge on any atom is 0.250 e. The van der Waals surface area contributed by atoms with Crippen LogP contribution in [0.2, 0.25) is 16.6 Å². The first-order valence-electron chi connectivity index (χ1n) is 16.1. The number of nitrogens with zero attached hydrogens (tertiary/aromatic N) is 4. The average molecular weight is 619 g/mol. The van der Waals surface area contributed by atoms with Gasteiger partial charge in [-0.05, 0) is 55.1 Å². The number of unbranched alkanes of at least 4 members (excludes halogenated alkanes) is 2. The summed E-state index contributed by atoms with van der Waals surface area (Å²) in [4.78, 5) is 29.5. The standard InChI is InChI=1S/C34H50N6O3Si/c1-24(2)44(25(3)4,26(5)6)20-13-27-21-32(42)37-33-29(27)23-35-34(38-33)36-28-11-12-30(40-16-14-39(7)15-17-40)31(22-28)43-19-10-8-9-18-41/h11-12,21-26,41H,8-10,14-19H2,1-7H3,(H2,35,36,37,38,42). The fourth-order valence-electron chi connectivity index (χ4n) is 6.53. The van der Waals surface area contributed by atoms with Gasteiger partial charge in [0, 0.05) is 62.4 Å². The van der Waals surface area contributed by atoms with Crippen molar-refractivity contribution in [1.82, 2.24) is 19.9 Å². The number of aliphatic hydroxyl groups excluding tert-OH is 1. The lowest BCUT2D eigenvalue weighted by Crippen LogP contribution is -2.44. The molecule has 1 aliphatic rings. The third kappa shape index (κ3) is 7.81. The molecule has 10 heteroatoms. The molecule has 238 valence electrons. The van der Waals surface area contributed by atoms with Crippen LogP contribution in [-0.4, -0.2) is 79.5 Å². The van der Waals surface area contributed by atoms with Crippen molar-refractivity contribution in [2.24, 2.45) is 0 Å². The number of aromatic amines is 1. The van der Waals surface area contributed by atoms with Gasteiger partial charge in [0.1, 0.15) is 19.5 Å². The first kappa shape index (κ1) is 33.5. The molecule has 1 fully saturated rings. The van der Waals surface area contributed by atoms with Crippen LogP contribution in [0.3, 0.4) is 0 Å². The molecule has 1 aromatic carbocycles. The van der Waals surface area contributed by atoms with Gasteiger partial charge in [0.15, 0.2) is 0 Å². The molecule has 0 radical (unpaired) electrons. The number of pyridine rings is 1. The number of hydrogen-bond acceptors (Lipinski definition) is 8. The molecular formula is C34H50N6O3Si. The molecule has 1 aliphatic heterocycles. The van der Waals surface area contributed by atoms with Crippen LogP contribution in [0, 0.1) is 11.5 Å². The Morgan fingerprint density at radius 1 is 1.02 bits per heavy atom. The van der Waals surface area contributed by atoms with E-state index in [-0.39, 0.29) is 12.2 Å². The molecule has 3 aromatic rings. The number of hydrogen-bond donors (Lipinski definition) is 3. The largest absolute Gasteiger partial charge is 0.491 e. The lowest BCUT2D eigenvalue weighted by atomic mass is 10.2. The highest BCUT2D eigenvalue weighted by Crippen LogP contribution is 2.41. The molecule has 3 heterocycles. The highest BCUT2D eigenvalue weighted by molar-refractivity contribution is 6.90. The molecule has 0 bridgehead atoms. The Kier molecular flexibility index (Phi) is 11.5. The van der Waals surface area contributed by atoms with Crippen LogP contribution in [-0.2, 0) is 0 Å². The predicted molar refractivity (Wildman–Crippen MR) is 184 cm³/mol. The third-order valence-corrected chi connectivity index (χ3v) is 15.3. The van der Waals surface area contributed by atoms with Crippen molar-refractivity contribution < 1.29 is 9.84 Å². The van der Waals surface area contributed by atoms with Gasteiger partial charge in [0.2, 0.25) is 5.95 Å². The van der Waals surface area contributed by atoms with Gasteiger partial charge in [-0.1, -0.05) is 47.5 Å². The Hall–Kier alpha value is -3.39. The van der Waals surface area contributed by atoms with E-state index in [0.717, 1.165) is 68.0 Å². The van der Waals surface area contributed by atoms with E-state index in [9.17, 15) is 4.79 Å². The Labute approximate surface area is 263 Å². The second kappa shape index (κ2) is 15.1. The number of piperazine rings is 1. The zero-order chi connectivity index (χ0) is 31.9. The van der Waals surface area contributed by atoms with Crippen molar-refractivity contribution in [3.63, 3.8) is 0 Å². The second-order valence-electron chi connectivity index (χ2n) is 12.9. The van der Waals surface area contributed by atoms with Crippen molar-refractivity contribution >= 4 is 36.4 Å². The topological polar surface area (TPSA) is 107 Å². The number of ether oxygens (including phenoxy) is 1. The number of aromatic nitrogens is 3. The Morgan fingerprint density at radius 2 is 1.73 bits per heavy atom. The maximum atomic E-state index is 12.7. The highest BCUT2D eigenvalue weighted by Gasteiger charge is 2.41. The number of rotatable bonds is 12. The average Bonchev–Trinajstić information content (AvgIpc) is 2.97. The number of benzene rings is 1. The summed E-state index contributed by atoms with van der Waals surface area (Å²) in [6, 6.07) is 7.65. The summed E-state index contributed by atoms with van der Waals surface area (Å²) in [5.74, 6) is 4.61. The summed E-state index contributed by atoms with van der Waals surface area (Å²) in [5, 5.41) is 13.2. The smallest absolute Gasteiger partial charge is 0.250 e. The molecule has 3 N–H and O–H groups in total. The molecule has 1 saturated heterocycles. The second-order valence-corrected chi connectivity index (χ2v) is 18.5. The van der Waals surface area contributed by atoms with E-state index in [1.54, 1.807) is 12.3 Å². The number of anilines is 3. The summed E-state index contributed by atoms with van der Waals surface area (Å²) in [7, 11) is 0.171. The predicted octanol–water partition coefficient (Wildman–Crippen LogP) is 5.92. The first-order valence-corrected chi connectivity index (χ1v) is 18.3. The van der Waals surface area contributed by atoms with Gasteiger partial charge in [-0.25, -0.2) is 4.98 Å². The fraction of sp³-hybridized carbons (Fsp3) is 0.559. The normalized spacial score (nSPS) is 14.4. The van der Waals surface area contributed by atoms with E-state index in [4.69, 9.17) is 9.84 Å². The zero-order valence-corrected chi connectivity index (χ0v) is 28.5.